The molecule has 3 nitrogen and oxygen atoms in total. The molecule has 0 aliphatic carbocycles. The van der Waals surface area contributed by atoms with E-state index in [4.69, 9.17) is 0 Å². The van der Waals surface area contributed by atoms with Crippen LogP contribution in [0.15, 0.2) is 24.3 Å². The molecule has 1 atom stereocenters. The van der Waals surface area contributed by atoms with Crippen LogP contribution in [0.4, 0.5) is 13.2 Å². The average molecular weight is 287 g/mol. The highest BCUT2D eigenvalue weighted by atomic mass is 19.4. The molecule has 0 radical (unpaired) electrons. The van der Waals surface area contributed by atoms with E-state index < -0.39 is 6.36 Å². The maximum Gasteiger partial charge on any atom is 0.573 e. The third-order valence-corrected chi connectivity index (χ3v) is 3.32. The number of hydrogen-bond acceptors (Lipinski definition) is 3. The number of alkyl halides is 3. The molecule has 2 rings (SSSR count). The van der Waals surface area contributed by atoms with Gasteiger partial charge in [-0.25, -0.2) is 0 Å². The fourth-order valence-corrected chi connectivity index (χ4v) is 2.29. The van der Waals surface area contributed by atoms with Gasteiger partial charge in [-0.05, 0) is 17.7 Å². The summed E-state index contributed by atoms with van der Waals surface area (Å²) in [6.45, 7) is 3.92. The highest BCUT2D eigenvalue weighted by Gasteiger charge is 2.31. The van der Waals surface area contributed by atoms with Crippen molar-refractivity contribution in [3.05, 3.63) is 29.8 Å². The fraction of sp³-hybridized carbons (Fsp3) is 0.500. The molecule has 0 saturated carbocycles. The minimum atomic E-state index is -4.66. The van der Waals surface area contributed by atoms with Crippen LogP contribution in [-0.4, -0.2) is 30.1 Å². The number of benzene rings is 1. The summed E-state index contributed by atoms with van der Waals surface area (Å²) in [5, 5.41) is 0. The van der Waals surface area contributed by atoms with Gasteiger partial charge in [-0.3, -0.25) is 9.69 Å². The maximum atomic E-state index is 12.0. The van der Waals surface area contributed by atoms with E-state index in [0.29, 0.717) is 26.1 Å². The first-order chi connectivity index (χ1) is 9.33. The van der Waals surface area contributed by atoms with E-state index >= 15 is 0 Å². The summed E-state index contributed by atoms with van der Waals surface area (Å²) in [4.78, 5) is 13.6. The molecule has 1 unspecified atom stereocenters. The van der Waals surface area contributed by atoms with Crippen molar-refractivity contribution in [2.24, 2.45) is 5.92 Å². The van der Waals surface area contributed by atoms with Crippen molar-refractivity contribution in [2.75, 3.05) is 13.1 Å². The molecule has 0 N–H and O–H groups in total. The van der Waals surface area contributed by atoms with Gasteiger partial charge in [0.2, 0.25) is 0 Å². The Hall–Kier alpha value is -1.56. The van der Waals surface area contributed by atoms with Crippen LogP contribution in [-0.2, 0) is 11.3 Å². The smallest absolute Gasteiger partial charge is 0.406 e. The lowest BCUT2D eigenvalue weighted by Gasteiger charge is -2.29. The van der Waals surface area contributed by atoms with Crippen LogP contribution >= 0.6 is 0 Å². The van der Waals surface area contributed by atoms with E-state index in [9.17, 15) is 18.0 Å². The molecule has 1 aromatic carbocycles. The molecule has 1 aliphatic rings. The van der Waals surface area contributed by atoms with Crippen LogP contribution in [0.1, 0.15) is 18.9 Å². The lowest BCUT2D eigenvalue weighted by molar-refractivity contribution is -0.274. The van der Waals surface area contributed by atoms with Crippen molar-refractivity contribution in [2.45, 2.75) is 26.3 Å². The SMILES string of the molecule is CC1CN(Cc2ccc(OC(F)(F)F)cc2)CCC1=O. The molecule has 0 bridgehead atoms. The van der Waals surface area contributed by atoms with E-state index in [2.05, 4.69) is 9.64 Å². The molecular weight excluding hydrogens is 271 g/mol. The van der Waals surface area contributed by atoms with Crippen molar-refractivity contribution in [3.63, 3.8) is 0 Å². The van der Waals surface area contributed by atoms with Crippen molar-refractivity contribution < 1.29 is 22.7 Å². The Kier molecular flexibility index (Phi) is 4.32. The number of ketones is 1. The number of halogens is 3. The van der Waals surface area contributed by atoms with Gasteiger partial charge < -0.3 is 4.74 Å². The summed E-state index contributed by atoms with van der Waals surface area (Å²) in [6, 6.07) is 5.84. The van der Waals surface area contributed by atoms with Gasteiger partial charge in [0.05, 0.1) is 0 Å². The molecule has 0 aromatic heterocycles. The highest BCUT2D eigenvalue weighted by molar-refractivity contribution is 5.81. The van der Waals surface area contributed by atoms with Crippen LogP contribution < -0.4 is 4.74 Å². The molecule has 1 heterocycles. The van der Waals surface area contributed by atoms with Gasteiger partial charge in [-0.1, -0.05) is 19.1 Å². The van der Waals surface area contributed by atoms with Crippen molar-refractivity contribution >= 4 is 5.78 Å². The van der Waals surface area contributed by atoms with Crippen molar-refractivity contribution in [3.8, 4) is 5.75 Å². The number of Topliss-reactive ketones (excluding diaryl/α,β-unsaturated/α-hetero) is 1. The number of ether oxygens (including phenoxy) is 1. The Morgan fingerprint density at radius 2 is 1.95 bits per heavy atom. The van der Waals surface area contributed by atoms with Crippen LogP contribution in [0.2, 0.25) is 0 Å². The maximum absolute atomic E-state index is 12.0. The molecule has 1 saturated heterocycles. The first-order valence-corrected chi connectivity index (χ1v) is 6.43. The Morgan fingerprint density at radius 1 is 1.30 bits per heavy atom. The van der Waals surface area contributed by atoms with Crippen molar-refractivity contribution in [1.29, 1.82) is 0 Å². The van der Waals surface area contributed by atoms with Gasteiger partial charge in [-0.15, -0.1) is 13.2 Å². The quantitative estimate of drug-likeness (QED) is 0.856. The lowest BCUT2D eigenvalue weighted by Crippen LogP contribution is -2.38. The molecule has 0 amide bonds. The summed E-state index contributed by atoms with van der Waals surface area (Å²) < 4.78 is 39.9. The third kappa shape index (κ3) is 4.23. The molecule has 6 heteroatoms. The van der Waals surface area contributed by atoms with E-state index in [-0.39, 0.29) is 17.5 Å². The largest absolute Gasteiger partial charge is 0.573 e. The van der Waals surface area contributed by atoms with Crippen LogP contribution in [0.25, 0.3) is 0 Å². The predicted molar refractivity (Wildman–Crippen MR) is 67.2 cm³/mol. The predicted octanol–water partition coefficient (Wildman–Crippen LogP) is 3.00. The van der Waals surface area contributed by atoms with Crippen LogP contribution in [0.5, 0.6) is 5.75 Å². The zero-order valence-corrected chi connectivity index (χ0v) is 11.1. The lowest BCUT2D eigenvalue weighted by atomic mass is 9.98. The summed E-state index contributed by atoms with van der Waals surface area (Å²) in [7, 11) is 0. The van der Waals surface area contributed by atoms with E-state index in [1.807, 2.05) is 6.92 Å². The summed E-state index contributed by atoms with van der Waals surface area (Å²) in [5.74, 6) is 0.0789. The highest BCUT2D eigenvalue weighted by Crippen LogP contribution is 2.23. The molecular formula is C14H16F3NO2. The van der Waals surface area contributed by atoms with Gasteiger partial charge in [-0.2, -0.15) is 0 Å². The second-order valence-electron chi connectivity index (χ2n) is 5.04. The molecule has 110 valence electrons. The number of nitrogens with zero attached hydrogens (tertiary/aromatic N) is 1. The Balaban J connectivity index is 1.92. The molecule has 1 fully saturated rings. The van der Waals surface area contributed by atoms with Gasteiger partial charge in [0.15, 0.2) is 0 Å². The minimum Gasteiger partial charge on any atom is -0.406 e. The minimum absolute atomic E-state index is 0.0246. The number of piperidine rings is 1. The Morgan fingerprint density at radius 3 is 2.50 bits per heavy atom. The number of likely N-dealkylation sites (tertiary alicyclic amines) is 1. The first kappa shape index (κ1) is 14.8. The fourth-order valence-electron chi connectivity index (χ4n) is 2.29. The molecule has 0 spiro atoms. The Bertz CT molecular complexity index is 470. The van der Waals surface area contributed by atoms with Crippen LogP contribution in [0.3, 0.4) is 0 Å². The number of hydrogen-bond donors (Lipinski definition) is 0. The topological polar surface area (TPSA) is 29.5 Å². The molecule has 1 aromatic rings. The zero-order valence-electron chi connectivity index (χ0n) is 11.1. The molecule has 1 aliphatic heterocycles. The average Bonchev–Trinajstić information content (AvgIpc) is 2.35. The second-order valence-corrected chi connectivity index (χ2v) is 5.04. The summed E-state index contributed by atoms with van der Waals surface area (Å²) in [5.41, 5.74) is 0.904. The third-order valence-electron chi connectivity index (χ3n) is 3.32. The van der Waals surface area contributed by atoms with Gasteiger partial charge in [0.25, 0.3) is 0 Å². The standard InChI is InChI=1S/C14H16F3NO2/c1-10-8-18(7-6-13(10)19)9-11-2-4-12(5-3-11)20-14(15,16)17/h2-5,10H,6-9H2,1H3. The molecule has 20 heavy (non-hydrogen) atoms. The normalized spacial score (nSPS) is 21.0. The number of carbonyl (C=O) groups is 1. The van der Waals surface area contributed by atoms with Gasteiger partial charge >= 0.3 is 6.36 Å². The first-order valence-electron chi connectivity index (χ1n) is 6.43. The summed E-state index contributed by atoms with van der Waals surface area (Å²) in [6.07, 6.45) is -4.12. The van der Waals surface area contributed by atoms with E-state index in [1.54, 1.807) is 12.1 Å². The monoisotopic (exact) mass is 287 g/mol. The van der Waals surface area contributed by atoms with E-state index in [0.717, 1.165) is 5.56 Å². The van der Waals surface area contributed by atoms with Crippen molar-refractivity contribution in [1.82, 2.24) is 4.90 Å². The number of rotatable bonds is 3. The van der Waals surface area contributed by atoms with Gasteiger partial charge in [0, 0.05) is 32.0 Å². The van der Waals surface area contributed by atoms with E-state index in [1.165, 1.54) is 12.1 Å². The second kappa shape index (κ2) is 5.83. The van der Waals surface area contributed by atoms with Crippen LogP contribution in [0, 0.1) is 5.92 Å². The van der Waals surface area contributed by atoms with Gasteiger partial charge in [0.1, 0.15) is 11.5 Å². The number of carbonyl (C=O) groups excluding carboxylic acids is 1. The zero-order chi connectivity index (χ0) is 14.8. The Labute approximate surface area is 115 Å². The summed E-state index contributed by atoms with van der Waals surface area (Å²) >= 11 is 0.